The fourth-order valence-corrected chi connectivity index (χ4v) is 7.48. The van der Waals surface area contributed by atoms with Crippen molar-refractivity contribution in [3.8, 4) is 23.3 Å². The van der Waals surface area contributed by atoms with Crippen molar-refractivity contribution < 1.29 is 73.9 Å². The number of amides is 4. The number of carboxylic acids is 1. The number of fused-ring (bicyclic) bond motifs is 1. The van der Waals surface area contributed by atoms with E-state index in [2.05, 4.69) is 19.9 Å². The van der Waals surface area contributed by atoms with Gasteiger partial charge in [-0.2, -0.15) is 31.6 Å². The number of carbonyl (C=O) groups excluding carboxylic acids is 3. The molecule has 1 saturated carbocycles. The molecule has 2 fully saturated rings. The lowest BCUT2D eigenvalue weighted by atomic mass is 10.2. The normalized spacial score (nSPS) is 13.7. The number of urea groups is 1. The number of nitrogens with one attached hydrogen (secondary N) is 2. The van der Waals surface area contributed by atoms with E-state index in [4.69, 9.17) is 52.0 Å². The molecule has 4 heterocycles. The van der Waals surface area contributed by atoms with E-state index in [0.29, 0.717) is 32.8 Å². The van der Waals surface area contributed by atoms with E-state index >= 15 is 0 Å². The summed E-state index contributed by atoms with van der Waals surface area (Å²) < 4.78 is 104. The summed E-state index contributed by atoms with van der Waals surface area (Å²) in [5.41, 5.74) is -0.646. The molecule has 1 aliphatic heterocycles. The zero-order valence-corrected chi connectivity index (χ0v) is 37.6. The Hall–Kier alpha value is -7.05. The van der Waals surface area contributed by atoms with Gasteiger partial charge < -0.3 is 28.8 Å². The maximum Gasteiger partial charge on any atom is 0.427 e. The number of anilines is 2. The highest BCUT2D eigenvalue weighted by atomic mass is 35.5. The van der Waals surface area contributed by atoms with Crippen LogP contribution in [0.1, 0.15) is 45.1 Å². The van der Waals surface area contributed by atoms with E-state index in [1.165, 1.54) is 31.1 Å². The Morgan fingerprint density at radius 1 is 0.925 bits per heavy atom. The Balaban J connectivity index is 0.000000194. The van der Waals surface area contributed by atoms with Gasteiger partial charge in [-0.05, 0) is 87.6 Å². The number of imide groups is 1. The molecule has 67 heavy (non-hydrogen) atoms. The lowest BCUT2D eigenvalue weighted by Crippen LogP contribution is -2.36. The second-order valence-corrected chi connectivity index (χ2v) is 16.3. The first-order valence-electron chi connectivity index (χ1n) is 19.2. The monoisotopic (exact) mass is 997 g/mol. The quantitative estimate of drug-likeness (QED) is 0.0831. The van der Waals surface area contributed by atoms with Gasteiger partial charge in [0.05, 0.1) is 47.7 Å². The van der Waals surface area contributed by atoms with Crippen LogP contribution >= 0.6 is 23.2 Å². The van der Waals surface area contributed by atoms with E-state index in [0.717, 1.165) is 49.4 Å². The molecule has 2 aliphatic rings. The van der Waals surface area contributed by atoms with Crippen molar-refractivity contribution in [3.63, 3.8) is 0 Å². The molecule has 3 aromatic heterocycles. The van der Waals surface area contributed by atoms with Crippen LogP contribution in [-0.2, 0) is 30.5 Å². The van der Waals surface area contributed by atoms with Crippen molar-refractivity contribution in [2.75, 3.05) is 31.0 Å². The average Bonchev–Trinajstić information content (AvgIpc) is 3.90. The number of halogens is 6. The van der Waals surface area contributed by atoms with Gasteiger partial charge in [0.25, 0.3) is 10.0 Å². The van der Waals surface area contributed by atoms with E-state index in [1.54, 1.807) is 44.3 Å². The van der Waals surface area contributed by atoms with Gasteiger partial charge in [-0.1, -0.05) is 23.2 Å². The summed E-state index contributed by atoms with van der Waals surface area (Å²) in [4.78, 5) is 62.1. The minimum Gasteiger partial charge on any atom is -0.489 e. The number of rotatable bonds is 11. The highest BCUT2D eigenvalue weighted by molar-refractivity contribution is 7.90. The van der Waals surface area contributed by atoms with Crippen molar-refractivity contribution in [2.24, 2.45) is 0 Å². The first kappa shape index (κ1) is 50.9. The summed E-state index contributed by atoms with van der Waals surface area (Å²) in [6.07, 6.45) is 0.460. The van der Waals surface area contributed by atoms with E-state index in [9.17, 15) is 45.2 Å². The maximum absolute atomic E-state index is 14.3. The van der Waals surface area contributed by atoms with Gasteiger partial charge in [0.15, 0.2) is 17.4 Å². The van der Waals surface area contributed by atoms with Crippen LogP contribution in [0.15, 0.2) is 83.3 Å². The molecule has 7 rings (SSSR count). The van der Waals surface area contributed by atoms with Crippen molar-refractivity contribution in [2.45, 2.75) is 56.8 Å². The Morgan fingerprint density at radius 2 is 1.57 bits per heavy atom. The Morgan fingerprint density at radius 3 is 2.16 bits per heavy atom. The predicted octanol–water partition coefficient (Wildman–Crippen LogP) is 8.35. The molecular weight excluding hydrogens is 961 g/mol. The fourth-order valence-electron chi connectivity index (χ4n) is 6.01. The number of allylic oxidation sites excluding steroid dienone is 1. The number of methoxy groups -OCH3 is 2. The minimum absolute atomic E-state index is 0.00962. The van der Waals surface area contributed by atoms with Gasteiger partial charge in [-0.3, -0.25) is 15.1 Å². The van der Waals surface area contributed by atoms with Crippen LogP contribution in [0.3, 0.4) is 0 Å². The zero-order chi connectivity index (χ0) is 49.2. The number of hydrogen-bond donors (Lipinski definition) is 3. The third-order valence-corrected chi connectivity index (χ3v) is 10.9. The smallest absolute Gasteiger partial charge is 0.427 e. The Labute approximate surface area is 388 Å². The summed E-state index contributed by atoms with van der Waals surface area (Å²) >= 11 is 12.0. The first-order valence-corrected chi connectivity index (χ1v) is 21.5. The number of pyridine rings is 2. The van der Waals surface area contributed by atoms with Crippen LogP contribution in [0.4, 0.5) is 38.8 Å². The van der Waals surface area contributed by atoms with Crippen molar-refractivity contribution in [3.05, 3.63) is 99.7 Å². The lowest BCUT2D eigenvalue weighted by molar-refractivity contribution is -0.140. The van der Waals surface area contributed by atoms with Gasteiger partial charge in [0.1, 0.15) is 22.8 Å². The third-order valence-electron chi connectivity index (χ3n) is 8.97. The maximum atomic E-state index is 14.3. The van der Waals surface area contributed by atoms with Crippen molar-refractivity contribution >= 4 is 79.8 Å². The number of carbonyl (C=O) groups is 4. The highest BCUT2D eigenvalue weighted by Crippen LogP contribution is 2.38. The molecule has 0 atom stereocenters. The van der Waals surface area contributed by atoms with Gasteiger partial charge >= 0.3 is 30.2 Å². The van der Waals surface area contributed by atoms with Crippen LogP contribution in [0, 0.1) is 5.82 Å². The van der Waals surface area contributed by atoms with Crippen LogP contribution in [0.5, 0.6) is 23.3 Å². The number of benzene rings is 2. The average molecular weight is 999 g/mol. The number of ether oxygens (including phenoxy) is 5. The summed E-state index contributed by atoms with van der Waals surface area (Å²) in [6.45, 7) is 2.88. The number of aromatic nitrogens is 4. The third kappa shape index (κ3) is 13.1. The van der Waals surface area contributed by atoms with Crippen molar-refractivity contribution in [1.29, 1.82) is 0 Å². The van der Waals surface area contributed by atoms with Crippen LogP contribution < -0.4 is 33.9 Å². The van der Waals surface area contributed by atoms with E-state index in [1.807, 2.05) is 5.32 Å². The number of nitrogens with zero attached hydrogens (tertiary/aromatic N) is 5. The molecule has 0 unspecified atom stereocenters. The molecule has 0 radical (unpaired) electrons. The fraction of sp³-hybridized carbons (Fsp3) is 0.268. The molecule has 2 aromatic carbocycles. The number of hydrogen-bond acceptors (Lipinski definition) is 15. The number of sulfonamides is 1. The van der Waals surface area contributed by atoms with Crippen LogP contribution in [0.2, 0.25) is 10.0 Å². The number of carboxylic acid groups (broad SMARTS) is 1. The molecule has 1 aliphatic carbocycles. The van der Waals surface area contributed by atoms with Crippen LogP contribution in [-0.4, -0.2) is 84.4 Å². The lowest BCUT2D eigenvalue weighted by Gasteiger charge is -2.18. The van der Waals surface area contributed by atoms with Gasteiger partial charge in [-0.15, -0.1) is 0 Å². The summed E-state index contributed by atoms with van der Waals surface area (Å²) in [6, 6.07) is 10.5. The standard InChI is InChI=1S/C17H17ClFNO4.C13H12F3N5O5S.C11H8ClNO3/c1-9(2)15-16(21)20(17(22)24-15)13-8-14(11(18)7-12(13)19)23-10-5-3-4-6-10;1-25-8-6-9(26-2)19-11(18-8)20-12(22)21-27(23,24)10-7(13(14,15)16)4-3-5-17-10;12-8-3-4-9(16-6-10(14)15)11-7(8)2-1-5-13-11/h7-8,10H,3-6H2,1-2H3;3-6H,1-2H3,(H2,18,19,20,21,22);1-5H,6H2,(H,14,15). The topological polar surface area (TPSA) is 248 Å². The molecule has 356 valence electrons. The van der Waals surface area contributed by atoms with Gasteiger partial charge in [-0.25, -0.2) is 33.4 Å². The molecule has 4 amide bonds. The van der Waals surface area contributed by atoms with Crippen molar-refractivity contribution in [1.82, 2.24) is 24.7 Å². The summed E-state index contributed by atoms with van der Waals surface area (Å²) in [5, 5.41) is 10.5. The zero-order valence-electron chi connectivity index (χ0n) is 35.3. The second kappa shape index (κ2) is 22.0. The number of cyclic esters (lactones) is 1. The second-order valence-electron chi connectivity index (χ2n) is 13.9. The molecule has 0 bridgehead atoms. The molecule has 5 aromatic rings. The SMILES string of the molecule is CC(C)=C1OC(=O)N(c2cc(OC3CCCC3)c(Cl)cc2F)C1=O.COc1cc(OC)nc(NC(=O)NS(=O)(=O)c2ncccc2C(F)(F)F)n1.O=C(O)COc1ccc(Cl)c2cccnc12. The largest absolute Gasteiger partial charge is 0.489 e. The Bertz CT molecular complexity index is 2810. The molecule has 19 nitrogen and oxygen atoms in total. The van der Waals surface area contributed by atoms with Gasteiger partial charge in [0.2, 0.25) is 17.7 Å². The van der Waals surface area contributed by atoms with E-state index in [-0.39, 0.29) is 40.1 Å². The summed E-state index contributed by atoms with van der Waals surface area (Å²) in [5.74, 6) is -2.36. The number of alkyl halides is 3. The van der Waals surface area contributed by atoms with Gasteiger partial charge in [0, 0.05) is 23.8 Å². The number of aliphatic carboxylic acids is 1. The molecule has 0 spiro atoms. The summed E-state index contributed by atoms with van der Waals surface area (Å²) in [7, 11) is -2.39. The van der Waals surface area contributed by atoms with E-state index < -0.39 is 69.2 Å². The molecule has 26 heteroatoms. The minimum atomic E-state index is -4.99. The highest BCUT2D eigenvalue weighted by Gasteiger charge is 2.41. The predicted molar refractivity (Wildman–Crippen MR) is 230 cm³/mol. The molecule has 3 N–H and O–H groups in total. The Kier molecular flexibility index (Phi) is 16.7. The molecular formula is C41H37Cl2F4N7O12S. The first-order chi connectivity index (χ1) is 31.6. The molecule has 1 saturated heterocycles. The van der Waals surface area contributed by atoms with Crippen LogP contribution in [0.25, 0.3) is 10.9 Å².